The van der Waals surface area contributed by atoms with Crippen LogP contribution in [-0.4, -0.2) is 63.5 Å². The lowest BCUT2D eigenvalue weighted by atomic mass is 10.0. The molecule has 6 nitrogen and oxygen atoms in total. The fourth-order valence-electron chi connectivity index (χ4n) is 4.30. The maximum atomic E-state index is 10.8. The van der Waals surface area contributed by atoms with Gasteiger partial charge in [0.05, 0.1) is 6.10 Å². The minimum Gasteiger partial charge on any atom is -0.755 e. The normalized spacial score (nSPS) is 24.6. The van der Waals surface area contributed by atoms with Gasteiger partial charge in [-0.2, -0.15) is 0 Å². The Morgan fingerprint density at radius 2 is 2.00 bits per heavy atom. The van der Waals surface area contributed by atoms with Crippen molar-refractivity contribution in [2.45, 2.75) is 52.2 Å². The molecular weight excluding hydrogens is 374 g/mol. The average molecular weight is 407 g/mol. The van der Waals surface area contributed by atoms with Crippen molar-refractivity contribution in [2.24, 2.45) is 0 Å². The Morgan fingerprint density at radius 1 is 1.25 bits per heavy atom. The van der Waals surface area contributed by atoms with Crippen LogP contribution in [0.3, 0.4) is 0 Å². The van der Waals surface area contributed by atoms with Gasteiger partial charge in [-0.05, 0) is 57.7 Å². The molecule has 28 heavy (non-hydrogen) atoms. The van der Waals surface area contributed by atoms with E-state index in [9.17, 15) is 8.76 Å². The fraction of sp³-hybridized carbons (Fsp3) is 0.619. The van der Waals surface area contributed by atoms with E-state index in [4.69, 9.17) is 4.74 Å². The smallest absolute Gasteiger partial charge is 0.0702 e. The number of ether oxygens (including phenoxy) is 1. The molecule has 2 aliphatic rings. The third-order valence-corrected chi connectivity index (χ3v) is 5.97. The molecule has 156 valence electrons. The van der Waals surface area contributed by atoms with E-state index in [2.05, 4.69) is 35.3 Å². The second kappa shape index (κ2) is 9.87. The molecule has 0 aromatic heterocycles. The van der Waals surface area contributed by atoms with Crippen molar-refractivity contribution in [1.82, 2.24) is 9.80 Å². The predicted molar refractivity (Wildman–Crippen MR) is 113 cm³/mol. The molecule has 3 unspecified atom stereocenters. The summed E-state index contributed by atoms with van der Waals surface area (Å²) in [5, 5.41) is 0. The van der Waals surface area contributed by atoms with Crippen LogP contribution >= 0.6 is 0 Å². The number of rotatable bonds is 6. The summed E-state index contributed by atoms with van der Waals surface area (Å²) >= 11 is -2.30. The van der Waals surface area contributed by atoms with Crippen LogP contribution < -0.4 is 4.72 Å². The van der Waals surface area contributed by atoms with Crippen molar-refractivity contribution in [1.29, 1.82) is 0 Å². The van der Waals surface area contributed by atoms with E-state index in [-0.39, 0.29) is 0 Å². The topological polar surface area (TPSA) is 67.9 Å². The number of anilines is 1. The fourth-order valence-corrected chi connectivity index (χ4v) is 4.63. The Kier molecular flexibility index (Phi) is 7.51. The first-order valence-corrected chi connectivity index (χ1v) is 11.3. The van der Waals surface area contributed by atoms with E-state index in [1.165, 1.54) is 30.5 Å². The van der Waals surface area contributed by atoms with Crippen molar-refractivity contribution < 1.29 is 13.5 Å². The monoisotopic (exact) mass is 406 g/mol. The molecule has 3 rings (SSSR count). The van der Waals surface area contributed by atoms with Crippen LogP contribution in [0.2, 0.25) is 0 Å². The minimum absolute atomic E-state index is 0.391. The van der Waals surface area contributed by atoms with Gasteiger partial charge in [-0.1, -0.05) is 17.7 Å². The number of nitrogens with one attached hydrogen (secondary N) is 1. The molecule has 3 atom stereocenters. The molecule has 0 aliphatic carbocycles. The van der Waals surface area contributed by atoms with Gasteiger partial charge >= 0.3 is 0 Å². The van der Waals surface area contributed by atoms with Gasteiger partial charge in [0.15, 0.2) is 0 Å². The highest BCUT2D eigenvalue weighted by Crippen LogP contribution is 2.29. The number of piperazine rings is 1. The van der Waals surface area contributed by atoms with Crippen molar-refractivity contribution in [3.63, 3.8) is 0 Å². The molecule has 2 heterocycles. The molecule has 0 amide bonds. The molecule has 2 aliphatic heterocycles. The number of allylic oxidation sites excluding steroid dienone is 1. The molecule has 7 heteroatoms. The summed E-state index contributed by atoms with van der Waals surface area (Å²) in [6, 6.07) is 8.03. The van der Waals surface area contributed by atoms with Gasteiger partial charge in [-0.3, -0.25) is 9.11 Å². The van der Waals surface area contributed by atoms with Gasteiger partial charge in [0.25, 0.3) is 0 Å². The zero-order valence-electron chi connectivity index (χ0n) is 17.1. The Bertz CT molecular complexity index is 697. The molecule has 2 fully saturated rings. The quantitative estimate of drug-likeness (QED) is 0.735. The number of hydrogen-bond donors (Lipinski definition) is 1. The summed E-state index contributed by atoms with van der Waals surface area (Å²) in [6.07, 6.45) is 4.06. The first-order valence-electron chi connectivity index (χ1n) is 10.2. The lowest BCUT2D eigenvalue weighted by Crippen LogP contribution is -2.53. The zero-order valence-corrected chi connectivity index (χ0v) is 18.0. The van der Waals surface area contributed by atoms with Crippen LogP contribution in [0.4, 0.5) is 5.69 Å². The molecule has 1 aromatic rings. The summed E-state index contributed by atoms with van der Waals surface area (Å²) < 4.78 is 30.0. The van der Waals surface area contributed by atoms with Gasteiger partial charge in [0.1, 0.15) is 0 Å². The maximum Gasteiger partial charge on any atom is 0.0702 e. The van der Waals surface area contributed by atoms with Crippen LogP contribution in [0.15, 0.2) is 29.8 Å². The van der Waals surface area contributed by atoms with E-state index in [0.29, 0.717) is 17.8 Å². The predicted octanol–water partition coefficient (Wildman–Crippen LogP) is 3.22. The van der Waals surface area contributed by atoms with Gasteiger partial charge in [-0.15, -0.1) is 0 Å². The van der Waals surface area contributed by atoms with Crippen LogP contribution in [-0.2, 0) is 16.0 Å². The largest absolute Gasteiger partial charge is 0.755 e. The first-order chi connectivity index (χ1) is 13.4. The Hall–Kier alpha value is -1.41. The van der Waals surface area contributed by atoms with Gasteiger partial charge in [-0.25, -0.2) is 0 Å². The minimum atomic E-state index is -2.30. The standard InChI is InChI=1S/C21H33N3O3S/c1-16(2)21(18-7-9-19(10-8-18)22-28(25)26)24-12-11-23(14-17(24)3)15-20-6-4-5-13-27-20/h7-10,17,20,22H,4-6,11-15H2,1-3H3,(H,25,26)/p-1. The van der Waals surface area contributed by atoms with Gasteiger partial charge in [0, 0.05) is 61.5 Å². The highest BCUT2D eigenvalue weighted by Gasteiger charge is 2.28. The van der Waals surface area contributed by atoms with Crippen LogP contribution in [0, 0.1) is 0 Å². The third-order valence-electron chi connectivity index (χ3n) is 5.57. The zero-order chi connectivity index (χ0) is 20.1. The van der Waals surface area contributed by atoms with E-state index < -0.39 is 11.3 Å². The molecule has 0 spiro atoms. The lowest BCUT2D eigenvalue weighted by molar-refractivity contribution is -0.0158. The van der Waals surface area contributed by atoms with Gasteiger partial charge in [0.2, 0.25) is 0 Å². The second-order valence-corrected chi connectivity index (χ2v) is 8.73. The van der Waals surface area contributed by atoms with Crippen LogP contribution in [0.25, 0.3) is 5.70 Å². The van der Waals surface area contributed by atoms with E-state index in [1.807, 2.05) is 24.3 Å². The number of nitrogens with zero attached hydrogens (tertiary/aromatic N) is 2. The SMILES string of the molecule is CC(C)=C(c1ccc(NS(=O)[O-])cc1)N1CCN(CC2CCCCO2)CC1C. The summed E-state index contributed by atoms with van der Waals surface area (Å²) in [5.41, 5.74) is 4.22. The maximum absolute atomic E-state index is 10.8. The third kappa shape index (κ3) is 5.56. The number of benzene rings is 1. The molecule has 0 radical (unpaired) electrons. The highest BCUT2D eigenvalue weighted by atomic mass is 32.2. The first kappa shape index (κ1) is 21.3. The van der Waals surface area contributed by atoms with Crippen molar-refractivity contribution in [2.75, 3.05) is 37.5 Å². The Balaban J connectivity index is 1.66. The summed E-state index contributed by atoms with van der Waals surface area (Å²) in [7, 11) is 0. The van der Waals surface area contributed by atoms with E-state index >= 15 is 0 Å². The molecule has 1 aromatic carbocycles. The summed E-state index contributed by atoms with van der Waals surface area (Å²) in [6.45, 7) is 11.6. The van der Waals surface area contributed by atoms with Gasteiger partial charge < -0.3 is 18.9 Å². The van der Waals surface area contributed by atoms with Crippen molar-refractivity contribution >= 4 is 22.7 Å². The van der Waals surface area contributed by atoms with Crippen molar-refractivity contribution in [3.8, 4) is 0 Å². The lowest BCUT2D eigenvalue weighted by Gasteiger charge is -2.44. The Labute approximate surface area is 171 Å². The van der Waals surface area contributed by atoms with E-state index in [1.54, 1.807) is 0 Å². The molecular formula is C21H32N3O3S-. The second-order valence-electron chi connectivity index (χ2n) is 8.05. The summed E-state index contributed by atoms with van der Waals surface area (Å²) in [5.74, 6) is 0. The van der Waals surface area contributed by atoms with E-state index in [0.717, 1.165) is 38.3 Å². The van der Waals surface area contributed by atoms with Crippen molar-refractivity contribution in [3.05, 3.63) is 35.4 Å². The molecule has 0 bridgehead atoms. The van der Waals surface area contributed by atoms with Crippen LogP contribution in [0.1, 0.15) is 45.6 Å². The highest BCUT2D eigenvalue weighted by molar-refractivity contribution is 7.80. The Morgan fingerprint density at radius 3 is 2.57 bits per heavy atom. The summed E-state index contributed by atoms with van der Waals surface area (Å²) in [4.78, 5) is 5.03. The van der Waals surface area contributed by atoms with Crippen LogP contribution in [0.5, 0.6) is 0 Å². The molecule has 1 N–H and O–H groups in total. The molecule has 2 saturated heterocycles. The molecule has 0 saturated carbocycles. The number of hydrogen-bond acceptors (Lipinski definition) is 5. The average Bonchev–Trinajstić information content (AvgIpc) is 2.65.